The third-order valence-corrected chi connectivity index (χ3v) is 2.00. The normalized spacial score (nSPS) is 10.0. The fraction of sp³-hybridized carbons (Fsp3) is 0.250. The highest BCUT2D eigenvalue weighted by Crippen LogP contribution is 2.17. The minimum Gasteiger partial charge on any atom is -0.399 e. The van der Waals surface area contributed by atoms with Gasteiger partial charge in [0.2, 0.25) is 0 Å². The zero-order chi connectivity index (χ0) is 8.27. The lowest BCUT2D eigenvalue weighted by Gasteiger charge is -2.01. The summed E-state index contributed by atoms with van der Waals surface area (Å²) >= 11 is 0.328. The van der Waals surface area contributed by atoms with Gasteiger partial charge in [0.15, 0.2) is 0 Å². The lowest BCUT2D eigenvalue weighted by Crippen LogP contribution is -1.90. The molecule has 0 saturated heterocycles. The Bertz CT molecular complexity index is 250. The van der Waals surface area contributed by atoms with Gasteiger partial charge < -0.3 is 5.73 Å². The van der Waals surface area contributed by atoms with Crippen molar-refractivity contribution in [3.8, 4) is 0 Å². The maximum atomic E-state index is 11.8. The summed E-state index contributed by atoms with van der Waals surface area (Å²) in [5.41, 5.74) is 8.33. The van der Waals surface area contributed by atoms with Gasteiger partial charge in [-0.1, -0.05) is 12.1 Å². The lowest BCUT2D eigenvalue weighted by molar-refractivity contribution is 0.933. The van der Waals surface area contributed by atoms with Gasteiger partial charge in [0.25, 0.3) is 0 Å². The molecule has 1 aromatic carbocycles. The molecule has 11 heavy (non-hydrogen) atoms. The van der Waals surface area contributed by atoms with Gasteiger partial charge >= 0.3 is 0 Å². The van der Waals surface area contributed by atoms with Crippen LogP contribution in [0, 0.1) is 6.92 Å². The molecular formula is C8H10FNS. The van der Waals surface area contributed by atoms with Crippen molar-refractivity contribution in [2.24, 2.45) is 0 Å². The number of hydrogen-bond donors (Lipinski definition) is 1. The summed E-state index contributed by atoms with van der Waals surface area (Å²) in [5, 5.41) is 0. The Kier molecular flexibility index (Phi) is 2.76. The minimum atomic E-state index is 0.328. The van der Waals surface area contributed by atoms with E-state index in [4.69, 9.17) is 5.73 Å². The van der Waals surface area contributed by atoms with Crippen LogP contribution in [0.3, 0.4) is 0 Å². The smallest absolute Gasteiger partial charge is 0.0501 e. The summed E-state index contributed by atoms with van der Waals surface area (Å²) in [6.07, 6.45) is 0. The summed E-state index contributed by atoms with van der Waals surface area (Å²) in [5.74, 6) is 0.404. The van der Waals surface area contributed by atoms with E-state index in [1.807, 2.05) is 19.1 Å². The maximum Gasteiger partial charge on any atom is 0.0501 e. The first-order valence-electron chi connectivity index (χ1n) is 3.32. The summed E-state index contributed by atoms with van der Waals surface area (Å²) in [7, 11) is 0. The molecule has 0 unspecified atom stereocenters. The summed E-state index contributed by atoms with van der Waals surface area (Å²) in [4.78, 5) is 0. The van der Waals surface area contributed by atoms with Crippen LogP contribution in [-0.2, 0) is 5.75 Å². The molecule has 2 N–H and O–H groups in total. The number of anilines is 1. The SMILES string of the molecule is Cc1cc(CSF)ccc1N. The van der Waals surface area contributed by atoms with Crippen molar-refractivity contribution < 1.29 is 3.89 Å². The molecule has 1 aromatic rings. The molecule has 0 aliphatic carbocycles. The molecule has 0 amide bonds. The van der Waals surface area contributed by atoms with E-state index in [-0.39, 0.29) is 0 Å². The second-order valence-corrected chi connectivity index (χ2v) is 2.95. The van der Waals surface area contributed by atoms with Crippen LogP contribution in [0.2, 0.25) is 0 Å². The van der Waals surface area contributed by atoms with Gasteiger partial charge in [0.1, 0.15) is 0 Å². The largest absolute Gasteiger partial charge is 0.399 e. The van der Waals surface area contributed by atoms with Crippen LogP contribution in [0.1, 0.15) is 11.1 Å². The van der Waals surface area contributed by atoms with Crippen molar-refractivity contribution in [1.29, 1.82) is 0 Å². The van der Waals surface area contributed by atoms with E-state index in [1.54, 1.807) is 6.07 Å². The second kappa shape index (κ2) is 3.62. The molecule has 0 fully saturated rings. The molecule has 0 spiro atoms. The monoisotopic (exact) mass is 171 g/mol. The van der Waals surface area contributed by atoms with Crippen molar-refractivity contribution in [3.63, 3.8) is 0 Å². The van der Waals surface area contributed by atoms with Crippen LogP contribution in [0.25, 0.3) is 0 Å². The first-order valence-corrected chi connectivity index (χ1v) is 4.21. The minimum absolute atomic E-state index is 0.328. The molecule has 0 bridgehead atoms. The first-order chi connectivity index (χ1) is 5.24. The topological polar surface area (TPSA) is 26.0 Å². The van der Waals surface area contributed by atoms with Gasteiger partial charge in [-0.2, -0.15) is 3.89 Å². The quantitative estimate of drug-likeness (QED) is 0.692. The van der Waals surface area contributed by atoms with E-state index in [1.165, 1.54) is 0 Å². The number of nitrogens with two attached hydrogens (primary N) is 1. The Morgan fingerprint density at radius 2 is 2.27 bits per heavy atom. The predicted molar refractivity (Wildman–Crippen MR) is 48.0 cm³/mol. The average molecular weight is 171 g/mol. The molecule has 0 aromatic heterocycles. The third-order valence-electron chi connectivity index (χ3n) is 1.56. The molecule has 1 nitrogen and oxygen atoms in total. The van der Waals surface area contributed by atoms with E-state index >= 15 is 0 Å². The number of nitrogen functional groups attached to an aromatic ring is 1. The average Bonchev–Trinajstić information content (AvgIpc) is 1.98. The van der Waals surface area contributed by atoms with Crippen LogP contribution >= 0.6 is 12.1 Å². The van der Waals surface area contributed by atoms with Crippen molar-refractivity contribution >= 4 is 17.8 Å². The molecule has 0 radical (unpaired) electrons. The second-order valence-electron chi connectivity index (χ2n) is 2.44. The molecule has 0 aliphatic rings. The van der Waals surface area contributed by atoms with Crippen LogP contribution in [0.15, 0.2) is 18.2 Å². The first kappa shape index (κ1) is 8.40. The van der Waals surface area contributed by atoms with Crippen molar-refractivity contribution in [2.45, 2.75) is 12.7 Å². The maximum absolute atomic E-state index is 11.8. The zero-order valence-electron chi connectivity index (χ0n) is 6.30. The van der Waals surface area contributed by atoms with E-state index in [2.05, 4.69) is 0 Å². The van der Waals surface area contributed by atoms with Crippen LogP contribution in [-0.4, -0.2) is 0 Å². The van der Waals surface area contributed by atoms with Gasteiger partial charge in [0, 0.05) is 17.8 Å². The van der Waals surface area contributed by atoms with Crippen molar-refractivity contribution in [3.05, 3.63) is 29.3 Å². The van der Waals surface area contributed by atoms with Crippen LogP contribution in [0.4, 0.5) is 9.57 Å². The highest BCUT2D eigenvalue weighted by atomic mass is 32.2. The Balaban J connectivity index is 2.86. The molecule has 0 atom stereocenters. The van der Waals surface area contributed by atoms with E-state index in [0.717, 1.165) is 16.8 Å². The number of rotatable bonds is 2. The molecule has 3 heteroatoms. The molecule has 0 aliphatic heterocycles. The Labute approximate surface area is 70.1 Å². The van der Waals surface area contributed by atoms with Gasteiger partial charge in [-0.25, -0.2) is 0 Å². The highest BCUT2D eigenvalue weighted by Gasteiger charge is 1.96. The fourth-order valence-corrected chi connectivity index (χ4v) is 1.20. The van der Waals surface area contributed by atoms with Crippen LogP contribution < -0.4 is 5.73 Å². The number of halogens is 1. The van der Waals surface area contributed by atoms with Gasteiger partial charge in [-0.05, 0) is 24.1 Å². The number of hydrogen-bond acceptors (Lipinski definition) is 2. The standard InChI is InChI=1S/C8H10FNS/c1-6-4-7(5-11-9)2-3-8(6)10/h2-4H,5,10H2,1H3. The number of aryl methyl sites for hydroxylation is 1. The molecule has 0 saturated carbocycles. The third kappa shape index (κ3) is 2.12. The fourth-order valence-electron chi connectivity index (χ4n) is 0.891. The molecule has 1 rings (SSSR count). The van der Waals surface area contributed by atoms with Crippen molar-refractivity contribution in [1.82, 2.24) is 0 Å². The summed E-state index contributed by atoms with van der Waals surface area (Å²) < 4.78 is 11.8. The van der Waals surface area contributed by atoms with Gasteiger partial charge in [-0.15, -0.1) is 0 Å². The van der Waals surface area contributed by atoms with Crippen molar-refractivity contribution in [2.75, 3.05) is 5.73 Å². The number of benzene rings is 1. The molecule has 60 valence electrons. The highest BCUT2D eigenvalue weighted by molar-refractivity contribution is 7.93. The van der Waals surface area contributed by atoms with E-state index in [0.29, 0.717) is 17.9 Å². The summed E-state index contributed by atoms with van der Waals surface area (Å²) in [6.45, 7) is 1.92. The van der Waals surface area contributed by atoms with Gasteiger partial charge in [-0.3, -0.25) is 0 Å². The van der Waals surface area contributed by atoms with Crippen LogP contribution in [0.5, 0.6) is 0 Å². The Morgan fingerprint density at radius 1 is 1.55 bits per heavy atom. The van der Waals surface area contributed by atoms with Gasteiger partial charge in [0.05, 0.1) is 5.75 Å². The lowest BCUT2D eigenvalue weighted by atomic mass is 10.1. The Morgan fingerprint density at radius 3 is 2.82 bits per heavy atom. The molecular weight excluding hydrogens is 161 g/mol. The summed E-state index contributed by atoms with van der Waals surface area (Å²) in [6, 6.07) is 5.55. The van der Waals surface area contributed by atoms with E-state index in [9.17, 15) is 3.89 Å². The molecule has 0 heterocycles. The Hall–Kier alpha value is -0.700. The van der Waals surface area contributed by atoms with E-state index < -0.39 is 0 Å². The zero-order valence-corrected chi connectivity index (χ0v) is 7.12. The predicted octanol–water partition coefficient (Wildman–Crippen LogP) is 2.69.